The highest BCUT2D eigenvalue weighted by Crippen LogP contribution is 2.19. The number of nitrogens with zero attached hydrogens (tertiary/aromatic N) is 2. The van der Waals surface area contributed by atoms with Crippen LogP contribution in [0.25, 0.3) is 0 Å². The molecule has 8 heteroatoms. The molecule has 0 radical (unpaired) electrons. The molecule has 8 nitrogen and oxygen atoms in total. The lowest BCUT2D eigenvalue weighted by molar-refractivity contribution is -0.384. The fourth-order valence-corrected chi connectivity index (χ4v) is 1.89. The lowest BCUT2D eigenvalue weighted by Gasteiger charge is -2.08. The van der Waals surface area contributed by atoms with Crippen LogP contribution in [0.1, 0.15) is 22.8 Å². The van der Waals surface area contributed by atoms with E-state index in [1.807, 2.05) is 0 Å². The van der Waals surface area contributed by atoms with Gasteiger partial charge in [0, 0.05) is 24.6 Å². The summed E-state index contributed by atoms with van der Waals surface area (Å²) in [6.45, 7) is 3.05. The van der Waals surface area contributed by atoms with Crippen molar-refractivity contribution in [3.8, 4) is 0 Å². The number of non-ortho nitro benzene ring substituents is 1. The number of aryl methyl sites for hydroxylation is 1. The molecule has 0 aliphatic heterocycles. The van der Waals surface area contributed by atoms with Crippen molar-refractivity contribution in [2.45, 2.75) is 13.8 Å². The number of nitrogens with one attached hydrogen (secondary N) is 2. The van der Waals surface area contributed by atoms with Gasteiger partial charge in [-0.3, -0.25) is 19.7 Å². The molecule has 23 heavy (non-hydrogen) atoms. The number of nitro groups is 1. The Bertz CT molecular complexity index is 772. The third-order valence-electron chi connectivity index (χ3n) is 3.00. The largest absolute Gasteiger partial charge is 0.321 e. The van der Waals surface area contributed by atoms with Gasteiger partial charge in [0.25, 0.3) is 11.6 Å². The highest BCUT2D eigenvalue weighted by atomic mass is 16.6. The van der Waals surface area contributed by atoms with Crippen molar-refractivity contribution >= 4 is 29.0 Å². The first kappa shape index (κ1) is 16.1. The molecular formula is C15H14N4O4. The second-order valence-corrected chi connectivity index (χ2v) is 4.82. The third kappa shape index (κ3) is 4.10. The Labute approximate surface area is 131 Å². The Morgan fingerprint density at radius 3 is 2.48 bits per heavy atom. The molecule has 0 spiro atoms. The zero-order valence-electron chi connectivity index (χ0n) is 12.5. The molecule has 1 aromatic heterocycles. The quantitative estimate of drug-likeness (QED) is 0.664. The van der Waals surface area contributed by atoms with Crippen LogP contribution in [0.4, 0.5) is 17.2 Å². The van der Waals surface area contributed by atoms with Crippen molar-refractivity contribution < 1.29 is 14.5 Å². The molecule has 1 aromatic carbocycles. The maximum absolute atomic E-state index is 12.2. The molecule has 2 rings (SSSR count). The van der Waals surface area contributed by atoms with E-state index < -0.39 is 10.8 Å². The molecule has 0 aliphatic rings. The monoisotopic (exact) mass is 314 g/mol. The van der Waals surface area contributed by atoms with Gasteiger partial charge in [0.05, 0.1) is 16.8 Å². The maximum atomic E-state index is 12.2. The summed E-state index contributed by atoms with van der Waals surface area (Å²) in [4.78, 5) is 37.4. The van der Waals surface area contributed by atoms with Gasteiger partial charge in [-0.1, -0.05) is 6.07 Å². The number of amides is 2. The molecule has 0 bridgehead atoms. The number of hydrogen-bond acceptors (Lipinski definition) is 5. The zero-order valence-corrected chi connectivity index (χ0v) is 12.5. The Morgan fingerprint density at radius 2 is 1.91 bits per heavy atom. The first-order valence-corrected chi connectivity index (χ1v) is 6.67. The van der Waals surface area contributed by atoms with E-state index in [-0.39, 0.29) is 17.2 Å². The normalized spacial score (nSPS) is 10.0. The standard InChI is InChI=1S/C15H14N4O4/c1-9-3-5-12(19(22)23)7-13(9)15(21)18-11-4-6-14(16-8-11)17-10(2)20/h3-8H,1-2H3,(H,18,21)(H,16,17,20). The smallest absolute Gasteiger partial charge is 0.270 e. The number of carbonyl (C=O) groups is 2. The van der Waals surface area contributed by atoms with Crippen LogP contribution in [0.15, 0.2) is 36.5 Å². The van der Waals surface area contributed by atoms with Crippen LogP contribution < -0.4 is 10.6 Å². The predicted octanol–water partition coefficient (Wildman–Crippen LogP) is 2.51. The topological polar surface area (TPSA) is 114 Å². The van der Waals surface area contributed by atoms with Crippen LogP contribution in [-0.2, 0) is 4.79 Å². The number of nitro benzene ring substituents is 1. The highest BCUT2D eigenvalue weighted by Gasteiger charge is 2.15. The lowest BCUT2D eigenvalue weighted by atomic mass is 10.1. The average Bonchev–Trinajstić information content (AvgIpc) is 2.48. The molecule has 118 valence electrons. The van der Waals surface area contributed by atoms with Crippen molar-refractivity contribution in [2.24, 2.45) is 0 Å². The summed E-state index contributed by atoms with van der Waals surface area (Å²) in [5.41, 5.74) is 1.09. The summed E-state index contributed by atoms with van der Waals surface area (Å²) < 4.78 is 0. The highest BCUT2D eigenvalue weighted by molar-refractivity contribution is 6.05. The van der Waals surface area contributed by atoms with Crippen molar-refractivity contribution in [3.63, 3.8) is 0 Å². The van der Waals surface area contributed by atoms with Gasteiger partial charge in [0.2, 0.25) is 5.91 Å². The van der Waals surface area contributed by atoms with Crippen LogP contribution in [0, 0.1) is 17.0 Å². The minimum absolute atomic E-state index is 0.153. The van der Waals surface area contributed by atoms with E-state index >= 15 is 0 Å². The second-order valence-electron chi connectivity index (χ2n) is 4.82. The summed E-state index contributed by atoms with van der Waals surface area (Å²) in [5.74, 6) is -0.358. The summed E-state index contributed by atoms with van der Waals surface area (Å²) in [6.07, 6.45) is 1.38. The Hall–Kier alpha value is -3.29. The minimum Gasteiger partial charge on any atom is -0.321 e. The number of hydrogen-bond donors (Lipinski definition) is 2. The third-order valence-corrected chi connectivity index (χ3v) is 3.00. The van der Waals surface area contributed by atoms with E-state index in [1.54, 1.807) is 13.0 Å². The van der Waals surface area contributed by atoms with E-state index in [1.165, 1.54) is 37.4 Å². The molecule has 2 amide bonds. The van der Waals surface area contributed by atoms with Gasteiger partial charge < -0.3 is 10.6 Å². The summed E-state index contributed by atoms with van der Waals surface area (Å²) >= 11 is 0. The van der Waals surface area contributed by atoms with Gasteiger partial charge in [-0.25, -0.2) is 4.98 Å². The number of pyridine rings is 1. The van der Waals surface area contributed by atoms with Crippen LogP contribution in [0.2, 0.25) is 0 Å². The van der Waals surface area contributed by atoms with E-state index in [2.05, 4.69) is 15.6 Å². The fraction of sp³-hybridized carbons (Fsp3) is 0.133. The van der Waals surface area contributed by atoms with Crippen molar-refractivity contribution in [1.82, 2.24) is 4.98 Å². The van der Waals surface area contributed by atoms with Crippen molar-refractivity contribution in [1.29, 1.82) is 0 Å². The van der Waals surface area contributed by atoms with Gasteiger partial charge >= 0.3 is 0 Å². The summed E-state index contributed by atoms with van der Waals surface area (Å²) in [5, 5.41) is 15.9. The molecule has 0 unspecified atom stereocenters. The van der Waals surface area contributed by atoms with Crippen LogP contribution in [0.5, 0.6) is 0 Å². The van der Waals surface area contributed by atoms with Gasteiger partial charge in [0.15, 0.2) is 0 Å². The van der Waals surface area contributed by atoms with Gasteiger partial charge in [-0.2, -0.15) is 0 Å². The second kappa shape index (κ2) is 6.65. The SMILES string of the molecule is CC(=O)Nc1ccc(NC(=O)c2cc([N+](=O)[O-])ccc2C)cn1. The number of aromatic nitrogens is 1. The van der Waals surface area contributed by atoms with Crippen molar-refractivity contribution in [3.05, 3.63) is 57.8 Å². The molecule has 0 atom stereocenters. The molecule has 2 N–H and O–H groups in total. The first-order chi connectivity index (χ1) is 10.9. The van der Waals surface area contributed by atoms with E-state index in [0.717, 1.165) is 0 Å². The van der Waals surface area contributed by atoms with Gasteiger partial charge in [-0.15, -0.1) is 0 Å². The molecule has 0 saturated carbocycles. The number of benzene rings is 1. The van der Waals surface area contributed by atoms with Gasteiger partial charge in [-0.05, 0) is 24.6 Å². The zero-order chi connectivity index (χ0) is 17.0. The molecule has 1 heterocycles. The van der Waals surface area contributed by atoms with E-state index in [4.69, 9.17) is 0 Å². The molecule has 2 aromatic rings. The number of anilines is 2. The van der Waals surface area contributed by atoms with E-state index in [9.17, 15) is 19.7 Å². The predicted molar refractivity (Wildman–Crippen MR) is 84.3 cm³/mol. The Kier molecular flexibility index (Phi) is 4.65. The molecule has 0 saturated heterocycles. The van der Waals surface area contributed by atoms with Crippen LogP contribution >= 0.6 is 0 Å². The number of carbonyl (C=O) groups excluding carboxylic acids is 2. The van der Waals surface area contributed by atoms with Crippen LogP contribution in [-0.4, -0.2) is 21.7 Å². The molecule has 0 aliphatic carbocycles. The summed E-state index contributed by atoms with van der Waals surface area (Å²) in [7, 11) is 0. The number of rotatable bonds is 4. The lowest BCUT2D eigenvalue weighted by Crippen LogP contribution is -2.14. The first-order valence-electron chi connectivity index (χ1n) is 6.67. The van der Waals surface area contributed by atoms with E-state index in [0.29, 0.717) is 17.1 Å². The van der Waals surface area contributed by atoms with Crippen molar-refractivity contribution in [2.75, 3.05) is 10.6 Å². The minimum atomic E-state index is -0.556. The summed E-state index contributed by atoms with van der Waals surface area (Å²) in [6, 6.07) is 7.20. The Morgan fingerprint density at radius 1 is 1.17 bits per heavy atom. The maximum Gasteiger partial charge on any atom is 0.270 e. The average molecular weight is 314 g/mol. The molecular weight excluding hydrogens is 300 g/mol. The molecule has 0 fully saturated rings. The Balaban J connectivity index is 2.17. The fourth-order valence-electron chi connectivity index (χ4n) is 1.89. The van der Waals surface area contributed by atoms with Crippen LogP contribution in [0.3, 0.4) is 0 Å². The van der Waals surface area contributed by atoms with Gasteiger partial charge in [0.1, 0.15) is 5.82 Å².